The van der Waals surface area contributed by atoms with E-state index in [1.807, 2.05) is 0 Å². The van der Waals surface area contributed by atoms with E-state index in [0.717, 1.165) is 13.0 Å². The molecule has 3 aromatic rings. The zero-order valence-corrected chi connectivity index (χ0v) is 16.6. The normalized spacial score (nSPS) is 12.9. The smallest absolute Gasteiger partial charge is 0.201 e. The highest BCUT2D eigenvalue weighted by Gasteiger charge is 2.44. The molecule has 0 saturated carbocycles. The summed E-state index contributed by atoms with van der Waals surface area (Å²) in [5, 5.41) is 64.1. The molecule has 6 N–H and O–H groups in total. The summed E-state index contributed by atoms with van der Waals surface area (Å²) in [6.07, 6.45) is 0. The number of phenols is 5. The monoisotopic (exact) mass is 424 g/mol. The maximum Gasteiger partial charge on any atom is 0.201 e. The SMILES string of the molecule is CC(=O)c1ccc(O)c(C(O)(c2ccccc2)c2c(O)c(O)c(O)c(C(C)=O)c2O)c1. The Morgan fingerprint density at radius 1 is 0.742 bits per heavy atom. The van der Waals surface area contributed by atoms with Gasteiger partial charge in [0.05, 0.1) is 5.56 Å². The summed E-state index contributed by atoms with van der Waals surface area (Å²) in [7, 11) is 0. The lowest BCUT2D eigenvalue weighted by molar-refractivity contribution is 0.0999. The second-order valence-electron chi connectivity index (χ2n) is 7.07. The van der Waals surface area contributed by atoms with Gasteiger partial charge >= 0.3 is 0 Å². The van der Waals surface area contributed by atoms with E-state index in [4.69, 9.17) is 0 Å². The molecule has 0 aliphatic rings. The van der Waals surface area contributed by atoms with Gasteiger partial charge in [0.25, 0.3) is 0 Å². The Labute approximate surface area is 176 Å². The lowest BCUT2D eigenvalue weighted by Crippen LogP contribution is -2.30. The lowest BCUT2D eigenvalue weighted by Gasteiger charge is -2.32. The number of aromatic hydroxyl groups is 5. The maximum atomic E-state index is 12.0. The Hall–Kier alpha value is -4.04. The van der Waals surface area contributed by atoms with Crippen LogP contribution in [-0.4, -0.2) is 42.2 Å². The molecule has 1 atom stereocenters. The summed E-state index contributed by atoms with van der Waals surface area (Å²) in [4.78, 5) is 23.9. The van der Waals surface area contributed by atoms with E-state index in [9.17, 15) is 40.2 Å². The molecule has 0 saturated heterocycles. The molecule has 0 aromatic heterocycles. The first-order valence-electron chi connectivity index (χ1n) is 9.15. The van der Waals surface area contributed by atoms with Crippen LogP contribution in [0, 0.1) is 0 Å². The van der Waals surface area contributed by atoms with Gasteiger partial charge in [0.15, 0.2) is 28.7 Å². The molecule has 0 radical (unpaired) electrons. The van der Waals surface area contributed by atoms with E-state index < -0.39 is 51.3 Å². The number of carbonyl (C=O) groups is 2. The fourth-order valence-corrected chi connectivity index (χ4v) is 3.53. The van der Waals surface area contributed by atoms with Crippen molar-refractivity contribution in [3.05, 3.63) is 76.3 Å². The van der Waals surface area contributed by atoms with Crippen molar-refractivity contribution in [2.45, 2.75) is 19.4 Å². The van der Waals surface area contributed by atoms with Gasteiger partial charge in [-0.25, -0.2) is 0 Å². The Balaban J connectivity index is 2.55. The predicted molar refractivity (Wildman–Crippen MR) is 110 cm³/mol. The molecule has 0 spiro atoms. The predicted octanol–water partition coefficient (Wildman–Crippen LogP) is 2.90. The van der Waals surface area contributed by atoms with Crippen molar-refractivity contribution in [1.82, 2.24) is 0 Å². The molecule has 0 aliphatic heterocycles. The average molecular weight is 424 g/mol. The summed E-state index contributed by atoms with van der Waals surface area (Å²) in [6.45, 7) is 2.28. The van der Waals surface area contributed by atoms with Crippen LogP contribution in [0.1, 0.15) is 51.3 Å². The van der Waals surface area contributed by atoms with Crippen LogP contribution >= 0.6 is 0 Å². The van der Waals surface area contributed by atoms with Crippen molar-refractivity contribution >= 4 is 11.6 Å². The largest absolute Gasteiger partial charge is 0.508 e. The van der Waals surface area contributed by atoms with Gasteiger partial charge in [0.1, 0.15) is 17.1 Å². The molecule has 0 bridgehead atoms. The topological polar surface area (TPSA) is 156 Å². The Morgan fingerprint density at radius 3 is 1.90 bits per heavy atom. The standard InChI is InChI=1S/C23H20O8/c1-11(24)13-8-9-16(26)15(10-13)23(31,14-6-4-3-5-7-14)18-19(27)17(12(2)25)20(28)22(30)21(18)29/h3-10,26-31H,1-2H3. The first kappa shape index (κ1) is 21.7. The molecule has 31 heavy (non-hydrogen) atoms. The molecule has 8 heteroatoms. The van der Waals surface area contributed by atoms with Crippen LogP contribution in [0.3, 0.4) is 0 Å². The molecule has 0 heterocycles. The second-order valence-corrected chi connectivity index (χ2v) is 7.07. The summed E-state index contributed by atoms with van der Waals surface area (Å²) in [6, 6.07) is 11.2. The van der Waals surface area contributed by atoms with E-state index in [1.165, 1.54) is 43.3 Å². The van der Waals surface area contributed by atoms with Crippen molar-refractivity contribution in [1.29, 1.82) is 0 Å². The fourth-order valence-electron chi connectivity index (χ4n) is 3.53. The molecule has 8 nitrogen and oxygen atoms in total. The van der Waals surface area contributed by atoms with Gasteiger partial charge in [0, 0.05) is 11.1 Å². The third-order valence-electron chi connectivity index (χ3n) is 5.09. The van der Waals surface area contributed by atoms with Crippen LogP contribution in [0.15, 0.2) is 48.5 Å². The van der Waals surface area contributed by atoms with Crippen LogP contribution in [0.4, 0.5) is 0 Å². The molecule has 1 unspecified atom stereocenters. The van der Waals surface area contributed by atoms with Crippen LogP contribution in [0.25, 0.3) is 0 Å². The fraction of sp³-hybridized carbons (Fsp3) is 0.130. The van der Waals surface area contributed by atoms with Crippen LogP contribution < -0.4 is 0 Å². The third-order valence-corrected chi connectivity index (χ3v) is 5.09. The first-order valence-corrected chi connectivity index (χ1v) is 9.15. The number of rotatable bonds is 5. The zero-order valence-electron chi connectivity index (χ0n) is 16.6. The number of phenolic OH excluding ortho intramolecular Hbond substituents is 5. The molecular weight excluding hydrogens is 404 g/mol. The van der Waals surface area contributed by atoms with Crippen molar-refractivity contribution < 1.29 is 40.2 Å². The van der Waals surface area contributed by atoms with Gasteiger partial charge < -0.3 is 30.6 Å². The number of aliphatic hydroxyl groups is 1. The second kappa shape index (κ2) is 7.66. The average Bonchev–Trinajstić information content (AvgIpc) is 2.72. The Bertz CT molecular complexity index is 1200. The van der Waals surface area contributed by atoms with Crippen LogP contribution in [0.5, 0.6) is 28.7 Å². The minimum absolute atomic E-state index is 0.0243. The molecule has 0 fully saturated rings. The molecule has 160 valence electrons. The minimum Gasteiger partial charge on any atom is -0.508 e. The van der Waals surface area contributed by atoms with Gasteiger partial charge in [-0.15, -0.1) is 0 Å². The quantitative estimate of drug-likeness (QED) is 0.158. The van der Waals surface area contributed by atoms with E-state index in [0.29, 0.717) is 0 Å². The number of ketones is 2. The van der Waals surface area contributed by atoms with Crippen molar-refractivity contribution in [2.75, 3.05) is 0 Å². The number of benzene rings is 3. The molecular formula is C23H20O8. The summed E-state index contributed by atoms with van der Waals surface area (Å²) < 4.78 is 0. The van der Waals surface area contributed by atoms with Crippen molar-refractivity contribution in [2.24, 2.45) is 0 Å². The van der Waals surface area contributed by atoms with Gasteiger partial charge in [-0.1, -0.05) is 30.3 Å². The third kappa shape index (κ3) is 3.32. The number of hydrogen-bond acceptors (Lipinski definition) is 8. The zero-order chi connectivity index (χ0) is 23.1. The van der Waals surface area contributed by atoms with E-state index in [2.05, 4.69) is 0 Å². The lowest BCUT2D eigenvalue weighted by atomic mass is 9.77. The summed E-state index contributed by atoms with van der Waals surface area (Å²) in [5.41, 5.74) is -4.21. The highest BCUT2D eigenvalue weighted by Crippen LogP contribution is 2.55. The minimum atomic E-state index is -2.54. The van der Waals surface area contributed by atoms with Crippen LogP contribution in [0.2, 0.25) is 0 Å². The molecule has 3 rings (SSSR count). The van der Waals surface area contributed by atoms with E-state index >= 15 is 0 Å². The van der Waals surface area contributed by atoms with Gasteiger partial charge in [-0.05, 0) is 37.6 Å². The van der Waals surface area contributed by atoms with E-state index in [-0.39, 0.29) is 22.5 Å². The molecule has 3 aromatic carbocycles. The number of carbonyl (C=O) groups excluding carboxylic acids is 2. The highest BCUT2D eigenvalue weighted by atomic mass is 16.3. The number of hydrogen-bond donors (Lipinski definition) is 6. The molecule has 0 aliphatic carbocycles. The summed E-state index contributed by atoms with van der Waals surface area (Å²) in [5.74, 6) is -6.06. The van der Waals surface area contributed by atoms with Crippen molar-refractivity contribution in [3.8, 4) is 28.7 Å². The van der Waals surface area contributed by atoms with Gasteiger partial charge in [-0.2, -0.15) is 0 Å². The van der Waals surface area contributed by atoms with Crippen LogP contribution in [-0.2, 0) is 5.60 Å². The Kier molecular flexibility index (Phi) is 5.35. The Morgan fingerprint density at radius 2 is 1.35 bits per heavy atom. The maximum absolute atomic E-state index is 12.0. The van der Waals surface area contributed by atoms with E-state index in [1.54, 1.807) is 6.07 Å². The highest BCUT2D eigenvalue weighted by molar-refractivity contribution is 6.02. The van der Waals surface area contributed by atoms with Gasteiger partial charge in [0.2, 0.25) is 5.75 Å². The van der Waals surface area contributed by atoms with Crippen molar-refractivity contribution in [3.63, 3.8) is 0 Å². The molecule has 0 amide bonds. The first-order chi connectivity index (χ1) is 14.5. The number of Topliss-reactive ketones (excluding diaryl/α,β-unsaturated/α-hetero) is 2. The summed E-state index contributed by atoms with van der Waals surface area (Å²) >= 11 is 0. The van der Waals surface area contributed by atoms with Gasteiger partial charge in [-0.3, -0.25) is 9.59 Å².